The molecule has 0 saturated carbocycles. The molecular weight excluding hydrogens is 512 g/mol. The van der Waals surface area contributed by atoms with Crippen molar-refractivity contribution in [1.29, 1.82) is 0 Å². The Morgan fingerprint density at radius 3 is 2.62 bits per heavy atom. The van der Waals surface area contributed by atoms with Crippen LogP contribution in [0.1, 0.15) is 75.5 Å². The third-order valence-corrected chi connectivity index (χ3v) is 8.20. The van der Waals surface area contributed by atoms with E-state index in [9.17, 15) is 4.79 Å². The van der Waals surface area contributed by atoms with Crippen LogP contribution in [0.2, 0.25) is 5.02 Å². The Balaban J connectivity index is 1.70. The number of halogens is 1. The minimum absolute atomic E-state index is 0.0644. The highest BCUT2D eigenvalue weighted by molar-refractivity contribution is 6.30. The van der Waals surface area contributed by atoms with E-state index in [2.05, 4.69) is 65.2 Å². The number of H-pyrrole nitrogens is 1. The number of hydrogen-bond acceptors (Lipinski definition) is 6. The molecule has 5 rings (SSSR count). The predicted octanol–water partition coefficient (Wildman–Crippen LogP) is 5.65. The second-order valence-corrected chi connectivity index (χ2v) is 11.5. The molecule has 2 aromatic carbocycles. The molecule has 2 unspecified atom stereocenters. The number of ether oxygens (including phenoxy) is 1. The Hall–Kier alpha value is -3.07. The van der Waals surface area contributed by atoms with Crippen molar-refractivity contribution >= 4 is 22.5 Å². The Morgan fingerprint density at radius 2 is 1.92 bits per heavy atom. The molecule has 1 aliphatic heterocycles. The maximum atomic E-state index is 13.8. The van der Waals surface area contributed by atoms with Crippen molar-refractivity contribution in [2.75, 3.05) is 13.2 Å². The van der Waals surface area contributed by atoms with Gasteiger partial charge < -0.3 is 9.72 Å². The number of fused-ring (bicyclic) bond motifs is 1. The van der Waals surface area contributed by atoms with Gasteiger partial charge in [0.1, 0.15) is 6.04 Å². The van der Waals surface area contributed by atoms with Crippen LogP contribution in [-0.2, 0) is 23.2 Å². The number of benzene rings is 2. The van der Waals surface area contributed by atoms with E-state index in [1.54, 1.807) is 0 Å². The topological polar surface area (TPSA) is 88.9 Å². The van der Waals surface area contributed by atoms with E-state index >= 15 is 0 Å². The lowest BCUT2D eigenvalue weighted by atomic mass is 9.98. The van der Waals surface area contributed by atoms with Gasteiger partial charge in [0, 0.05) is 35.8 Å². The maximum absolute atomic E-state index is 13.8. The number of pyridine rings is 1. The minimum atomic E-state index is -0.496. The zero-order chi connectivity index (χ0) is 27.6. The van der Waals surface area contributed by atoms with Crippen molar-refractivity contribution in [2.24, 2.45) is 0 Å². The fourth-order valence-electron chi connectivity index (χ4n) is 5.28. The Bertz CT molecular complexity index is 1470. The summed E-state index contributed by atoms with van der Waals surface area (Å²) in [5.74, 6) is 0.644. The van der Waals surface area contributed by atoms with Gasteiger partial charge in [-0.15, -0.1) is 5.10 Å². The van der Waals surface area contributed by atoms with E-state index in [1.807, 2.05) is 41.1 Å². The third kappa shape index (κ3) is 5.93. The van der Waals surface area contributed by atoms with E-state index in [0.29, 0.717) is 29.5 Å². The second kappa shape index (κ2) is 11.6. The first-order chi connectivity index (χ1) is 18.8. The standard InChI is InChI=1S/C30H37ClN6O2/c1-5-20-11-14-26-22(16-20)17-25(29(38)32-26)27(28-33-34-35-37(28)30(3,4)6-2)36(19-24-8-7-15-39-24)18-21-9-12-23(31)13-10-21/h9-14,16-17,24,27H,5-8,15,18-19H2,1-4H3,(H,32,38). The number of nitrogens with zero attached hydrogens (tertiary/aromatic N) is 5. The minimum Gasteiger partial charge on any atom is -0.377 e. The number of tetrazole rings is 1. The first-order valence-corrected chi connectivity index (χ1v) is 14.2. The number of rotatable bonds is 10. The van der Waals surface area contributed by atoms with Crippen LogP contribution in [0.15, 0.2) is 53.3 Å². The molecule has 0 aliphatic carbocycles. The molecule has 0 amide bonds. The van der Waals surface area contributed by atoms with E-state index in [0.717, 1.165) is 48.8 Å². The Morgan fingerprint density at radius 1 is 1.15 bits per heavy atom. The first kappa shape index (κ1) is 27.5. The second-order valence-electron chi connectivity index (χ2n) is 11.0. The quantitative estimate of drug-likeness (QED) is 0.275. The van der Waals surface area contributed by atoms with Gasteiger partial charge in [0.2, 0.25) is 0 Å². The van der Waals surface area contributed by atoms with Crippen LogP contribution in [-0.4, -0.2) is 49.3 Å². The van der Waals surface area contributed by atoms with E-state index in [1.165, 1.54) is 5.56 Å². The van der Waals surface area contributed by atoms with Crippen LogP contribution in [0.25, 0.3) is 10.9 Å². The highest BCUT2D eigenvalue weighted by atomic mass is 35.5. The van der Waals surface area contributed by atoms with Crippen molar-refractivity contribution in [3.05, 3.63) is 86.4 Å². The predicted molar refractivity (Wildman–Crippen MR) is 154 cm³/mol. The van der Waals surface area contributed by atoms with Crippen molar-refractivity contribution in [3.63, 3.8) is 0 Å². The Labute approximate surface area is 234 Å². The molecule has 3 heterocycles. The number of aromatic nitrogens is 5. The van der Waals surface area contributed by atoms with Crippen LogP contribution >= 0.6 is 11.6 Å². The SMILES string of the molecule is CCc1ccc2[nH]c(=O)c(C(c3nnnn3C(C)(C)CC)N(Cc3ccc(Cl)cc3)CC3CCCO3)cc2c1. The third-order valence-electron chi connectivity index (χ3n) is 7.94. The van der Waals surface area contributed by atoms with Gasteiger partial charge in [-0.2, -0.15) is 0 Å². The summed E-state index contributed by atoms with van der Waals surface area (Å²) < 4.78 is 7.97. The molecule has 1 N–H and O–H groups in total. The fourth-order valence-corrected chi connectivity index (χ4v) is 5.40. The number of hydrogen-bond donors (Lipinski definition) is 1. The van der Waals surface area contributed by atoms with Crippen LogP contribution in [0.4, 0.5) is 0 Å². The van der Waals surface area contributed by atoms with Gasteiger partial charge in [0.25, 0.3) is 5.56 Å². The van der Waals surface area contributed by atoms with Crippen LogP contribution in [0, 0.1) is 0 Å². The summed E-state index contributed by atoms with van der Waals surface area (Å²) in [5, 5.41) is 14.8. The smallest absolute Gasteiger partial charge is 0.253 e. The summed E-state index contributed by atoms with van der Waals surface area (Å²) in [6.45, 7) is 10.5. The highest BCUT2D eigenvalue weighted by Gasteiger charge is 2.36. The summed E-state index contributed by atoms with van der Waals surface area (Å²) in [7, 11) is 0. The van der Waals surface area contributed by atoms with E-state index < -0.39 is 6.04 Å². The van der Waals surface area contributed by atoms with Gasteiger partial charge in [-0.3, -0.25) is 9.69 Å². The lowest BCUT2D eigenvalue weighted by Crippen LogP contribution is -2.41. The molecule has 0 bridgehead atoms. The molecule has 4 aromatic rings. The molecule has 8 nitrogen and oxygen atoms in total. The van der Waals surface area contributed by atoms with Gasteiger partial charge in [-0.1, -0.05) is 43.6 Å². The summed E-state index contributed by atoms with van der Waals surface area (Å²) in [5.41, 5.74) is 3.25. The summed E-state index contributed by atoms with van der Waals surface area (Å²) in [6.07, 6.45) is 3.81. The number of aryl methyl sites for hydroxylation is 1. The van der Waals surface area contributed by atoms with Gasteiger partial charge in [0.15, 0.2) is 5.82 Å². The van der Waals surface area contributed by atoms with Crippen LogP contribution in [0.3, 0.4) is 0 Å². The first-order valence-electron chi connectivity index (χ1n) is 13.8. The van der Waals surface area contributed by atoms with Gasteiger partial charge in [-0.05, 0) is 96.8 Å². The van der Waals surface area contributed by atoms with Crippen LogP contribution < -0.4 is 5.56 Å². The highest BCUT2D eigenvalue weighted by Crippen LogP contribution is 2.33. The maximum Gasteiger partial charge on any atom is 0.253 e. The van der Waals surface area contributed by atoms with Crippen molar-refractivity contribution in [2.45, 2.75) is 77.6 Å². The van der Waals surface area contributed by atoms with Crippen molar-refractivity contribution < 1.29 is 4.74 Å². The zero-order valence-corrected chi connectivity index (χ0v) is 23.9. The summed E-state index contributed by atoms with van der Waals surface area (Å²) >= 11 is 6.20. The van der Waals surface area contributed by atoms with Gasteiger partial charge >= 0.3 is 0 Å². The summed E-state index contributed by atoms with van der Waals surface area (Å²) in [4.78, 5) is 19.2. The molecule has 9 heteroatoms. The molecule has 1 saturated heterocycles. The van der Waals surface area contributed by atoms with E-state index in [4.69, 9.17) is 16.3 Å². The molecule has 39 heavy (non-hydrogen) atoms. The Kier molecular flexibility index (Phi) is 8.16. The molecular formula is C30H37ClN6O2. The number of nitrogens with one attached hydrogen (secondary N) is 1. The molecule has 1 aliphatic rings. The fraction of sp³-hybridized carbons (Fsp3) is 0.467. The molecule has 2 atom stereocenters. The molecule has 206 valence electrons. The molecule has 0 spiro atoms. The molecule has 0 radical (unpaired) electrons. The van der Waals surface area contributed by atoms with Gasteiger partial charge in [-0.25, -0.2) is 4.68 Å². The monoisotopic (exact) mass is 548 g/mol. The lowest BCUT2D eigenvalue weighted by molar-refractivity contribution is 0.0562. The summed E-state index contributed by atoms with van der Waals surface area (Å²) in [6, 6.07) is 15.6. The lowest BCUT2D eigenvalue weighted by Gasteiger charge is -2.34. The normalized spacial score (nSPS) is 16.8. The molecule has 2 aromatic heterocycles. The van der Waals surface area contributed by atoms with Crippen molar-refractivity contribution in [1.82, 2.24) is 30.1 Å². The molecule has 1 fully saturated rings. The van der Waals surface area contributed by atoms with E-state index in [-0.39, 0.29) is 17.2 Å². The van der Waals surface area contributed by atoms with Gasteiger partial charge in [0.05, 0.1) is 11.6 Å². The number of aromatic amines is 1. The van der Waals surface area contributed by atoms with Crippen LogP contribution in [0.5, 0.6) is 0 Å². The largest absolute Gasteiger partial charge is 0.377 e. The average Bonchev–Trinajstić information content (AvgIpc) is 3.63. The average molecular weight is 549 g/mol. The zero-order valence-electron chi connectivity index (χ0n) is 23.2. The van der Waals surface area contributed by atoms with Crippen molar-refractivity contribution in [3.8, 4) is 0 Å².